The molecule has 3 nitrogen and oxygen atoms in total. The molecule has 1 heterocycles. The van der Waals surface area contributed by atoms with Crippen LogP contribution in [-0.2, 0) is 0 Å². The second-order valence-electron chi connectivity index (χ2n) is 4.47. The van der Waals surface area contributed by atoms with Gasteiger partial charge in [0, 0.05) is 16.6 Å². The minimum absolute atomic E-state index is 0.281. The Kier molecular flexibility index (Phi) is 3.42. The Morgan fingerprint density at radius 2 is 1.90 bits per heavy atom. The molecule has 0 aliphatic heterocycles. The molecule has 0 radical (unpaired) electrons. The molecule has 0 saturated heterocycles. The lowest BCUT2D eigenvalue weighted by Gasteiger charge is -2.06. The maximum atomic E-state index is 12.6. The zero-order valence-electron chi connectivity index (χ0n) is 10.7. The number of halogens is 2. The Morgan fingerprint density at radius 1 is 1.14 bits per heavy atom. The fourth-order valence-electron chi connectivity index (χ4n) is 2.23. The molecule has 0 bridgehead atoms. The van der Waals surface area contributed by atoms with Gasteiger partial charge in [-0.3, -0.25) is 9.36 Å². The molecule has 21 heavy (non-hydrogen) atoms. The van der Waals surface area contributed by atoms with Gasteiger partial charge in [-0.15, -0.1) is 0 Å². The van der Waals surface area contributed by atoms with E-state index in [0.717, 1.165) is 5.39 Å². The van der Waals surface area contributed by atoms with Gasteiger partial charge in [0.1, 0.15) is 6.07 Å². The highest BCUT2D eigenvalue weighted by molar-refractivity contribution is 6.36. The van der Waals surface area contributed by atoms with Crippen molar-refractivity contribution in [3.05, 3.63) is 69.8 Å². The molecule has 0 spiro atoms. The van der Waals surface area contributed by atoms with E-state index in [1.807, 2.05) is 12.1 Å². The molecule has 1 aromatic heterocycles. The lowest BCUT2D eigenvalue weighted by atomic mass is 10.2. The predicted octanol–water partition coefficient (Wildman–Crippen LogP) is 4.51. The van der Waals surface area contributed by atoms with Crippen molar-refractivity contribution in [3.63, 3.8) is 0 Å². The topological polar surface area (TPSA) is 45.8 Å². The Bertz CT molecular complexity index is 906. The predicted molar refractivity (Wildman–Crippen MR) is 82.8 cm³/mol. The van der Waals surface area contributed by atoms with Gasteiger partial charge < -0.3 is 0 Å². The fraction of sp³-hybridized carbons (Fsp3) is 0. The van der Waals surface area contributed by atoms with Crippen LogP contribution in [0.3, 0.4) is 0 Å². The summed E-state index contributed by atoms with van der Waals surface area (Å²) in [4.78, 5) is 12.6. The van der Waals surface area contributed by atoms with Crippen molar-refractivity contribution in [1.29, 1.82) is 5.26 Å². The number of para-hydroxylation sites is 1. The number of fused-ring (bicyclic) bond motifs is 1. The van der Waals surface area contributed by atoms with Crippen molar-refractivity contribution in [1.82, 2.24) is 4.57 Å². The van der Waals surface area contributed by atoms with Crippen LogP contribution in [0.2, 0.25) is 10.0 Å². The molecule has 0 unspecified atom stereocenters. The number of aromatic nitrogens is 1. The summed E-state index contributed by atoms with van der Waals surface area (Å²) in [5.74, 6) is -0.297. The average molecular weight is 315 g/mol. The molecule has 0 atom stereocenters. The molecule has 0 aliphatic rings. The van der Waals surface area contributed by atoms with Crippen molar-refractivity contribution in [2.75, 3.05) is 0 Å². The second kappa shape index (κ2) is 5.25. The first-order valence-electron chi connectivity index (χ1n) is 6.12. The first-order chi connectivity index (χ1) is 10.1. The van der Waals surface area contributed by atoms with Gasteiger partial charge in [0.2, 0.25) is 0 Å². The third-order valence-electron chi connectivity index (χ3n) is 3.21. The Hall–Kier alpha value is -2.28. The summed E-state index contributed by atoms with van der Waals surface area (Å²) in [5.41, 5.74) is 1.46. The summed E-state index contributed by atoms with van der Waals surface area (Å²) in [6.45, 7) is 0. The quantitative estimate of drug-likeness (QED) is 0.663. The highest BCUT2D eigenvalue weighted by Gasteiger charge is 2.17. The van der Waals surface area contributed by atoms with Crippen LogP contribution in [-0.4, -0.2) is 10.5 Å². The van der Waals surface area contributed by atoms with Crippen LogP contribution in [0.4, 0.5) is 0 Å². The molecule has 0 aliphatic carbocycles. The summed E-state index contributed by atoms with van der Waals surface area (Å²) >= 11 is 11.9. The number of carbonyl (C=O) groups excluding carboxylic acids is 1. The van der Waals surface area contributed by atoms with E-state index in [1.54, 1.807) is 24.3 Å². The number of nitrogens with zero attached hydrogens (tertiary/aromatic N) is 2. The molecule has 5 heteroatoms. The third kappa shape index (κ3) is 2.29. The first-order valence-corrected chi connectivity index (χ1v) is 6.87. The van der Waals surface area contributed by atoms with Gasteiger partial charge >= 0.3 is 0 Å². The van der Waals surface area contributed by atoms with Crippen LogP contribution in [0.25, 0.3) is 10.9 Å². The van der Waals surface area contributed by atoms with E-state index < -0.39 is 0 Å². The van der Waals surface area contributed by atoms with Crippen molar-refractivity contribution < 1.29 is 4.79 Å². The summed E-state index contributed by atoms with van der Waals surface area (Å²) in [6, 6.07) is 14.0. The Morgan fingerprint density at radius 3 is 2.62 bits per heavy atom. The van der Waals surface area contributed by atoms with Gasteiger partial charge in [0.05, 0.1) is 21.7 Å². The molecular formula is C16H8Cl2N2O. The van der Waals surface area contributed by atoms with Crippen molar-refractivity contribution >= 4 is 40.0 Å². The minimum Gasteiger partial charge on any atom is -0.282 e. The third-order valence-corrected chi connectivity index (χ3v) is 3.76. The maximum Gasteiger partial charge on any atom is 0.263 e. The minimum atomic E-state index is -0.297. The number of benzene rings is 2. The smallest absolute Gasteiger partial charge is 0.263 e. The van der Waals surface area contributed by atoms with E-state index in [-0.39, 0.29) is 10.9 Å². The largest absolute Gasteiger partial charge is 0.282 e. The number of hydrogen-bond donors (Lipinski definition) is 0. The Balaban J connectivity index is 2.21. The lowest BCUT2D eigenvalue weighted by Crippen LogP contribution is -2.11. The number of hydrogen-bond acceptors (Lipinski definition) is 2. The molecule has 0 amide bonds. The summed E-state index contributed by atoms with van der Waals surface area (Å²) in [6.07, 6.45) is 1.53. The number of nitriles is 1. The van der Waals surface area contributed by atoms with E-state index in [1.165, 1.54) is 16.8 Å². The van der Waals surface area contributed by atoms with Gasteiger partial charge in [-0.2, -0.15) is 5.26 Å². The van der Waals surface area contributed by atoms with Gasteiger partial charge in [-0.25, -0.2) is 0 Å². The monoisotopic (exact) mass is 314 g/mol. The molecule has 0 saturated carbocycles. The average Bonchev–Trinajstić information content (AvgIpc) is 2.85. The van der Waals surface area contributed by atoms with E-state index in [9.17, 15) is 10.1 Å². The summed E-state index contributed by atoms with van der Waals surface area (Å²) in [5, 5.41) is 10.7. The van der Waals surface area contributed by atoms with Gasteiger partial charge in [0.15, 0.2) is 0 Å². The fourth-order valence-corrected chi connectivity index (χ4v) is 2.72. The molecule has 102 valence electrons. The van der Waals surface area contributed by atoms with Crippen molar-refractivity contribution in [3.8, 4) is 6.07 Å². The summed E-state index contributed by atoms with van der Waals surface area (Å²) in [7, 11) is 0. The first kappa shape index (κ1) is 13.7. The van der Waals surface area contributed by atoms with Crippen LogP contribution in [0.15, 0.2) is 48.7 Å². The zero-order chi connectivity index (χ0) is 15.0. The molecule has 0 N–H and O–H groups in total. The van der Waals surface area contributed by atoms with E-state index in [2.05, 4.69) is 6.07 Å². The van der Waals surface area contributed by atoms with Crippen molar-refractivity contribution in [2.45, 2.75) is 0 Å². The second-order valence-corrected chi connectivity index (χ2v) is 5.31. The SMILES string of the molecule is N#Cc1cn(C(=O)c2ccc(Cl)cc2Cl)c2ccccc12. The molecule has 3 aromatic rings. The van der Waals surface area contributed by atoms with Crippen LogP contribution in [0.1, 0.15) is 15.9 Å². The Labute approximate surface area is 130 Å². The van der Waals surface area contributed by atoms with Crippen LogP contribution in [0.5, 0.6) is 0 Å². The van der Waals surface area contributed by atoms with E-state index in [4.69, 9.17) is 23.2 Å². The molecule has 0 fully saturated rings. The van der Waals surface area contributed by atoms with Gasteiger partial charge in [-0.05, 0) is 24.3 Å². The number of carbonyl (C=O) groups is 1. The van der Waals surface area contributed by atoms with Crippen molar-refractivity contribution in [2.24, 2.45) is 0 Å². The van der Waals surface area contributed by atoms with E-state index in [0.29, 0.717) is 21.7 Å². The lowest BCUT2D eigenvalue weighted by molar-refractivity contribution is 0.0965. The van der Waals surface area contributed by atoms with Gasteiger partial charge in [-0.1, -0.05) is 41.4 Å². The molecule has 3 rings (SSSR count). The van der Waals surface area contributed by atoms with Crippen LogP contribution < -0.4 is 0 Å². The highest BCUT2D eigenvalue weighted by Crippen LogP contribution is 2.25. The number of rotatable bonds is 1. The molecule has 2 aromatic carbocycles. The standard InChI is InChI=1S/C16H8Cl2N2O/c17-11-5-6-13(14(18)7-11)16(21)20-9-10(8-19)12-3-1-2-4-15(12)20/h1-7,9H. The van der Waals surface area contributed by atoms with Crippen LogP contribution in [0, 0.1) is 11.3 Å². The molecular weight excluding hydrogens is 307 g/mol. The highest BCUT2D eigenvalue weighted by atomic mass is 35.5. The summed E-state index contributed by atoms with van der Waals surface area (Å²) < 4.78 is 1.43. The maximum absolute atomic E-state index is 12.6. The normalized spacial score (nSPS) is 10.5. The zero-order valence-corrected chi connectivity index (χ0v) is 12.2. The van der Waals surface area contributed by atoms with Gasteiger partial charge in [0.25, 0.3) is 5.91 Å². The van der Waals surface area contributed by atoms with Crippen LogP contribution >= 0.6 is 23.2 Å². The van der Waals surface area contributed by atoms with E-state index >= 15 is 0 Å².